The molecule has 8 aliphatic heterocycles. The molecule has 131 heavy (non-hydrogen) atoms. The third-order valence-corrected chi connectivity index (χ3v) is 23.6. The van der Waals surface area contributed by atoms with Gasteiger partial charge in [0.15, 0.2) is 52.0 Å². The number of nitro benzene ring substituents is 2. The average Bonchev–Trinajstić information content (AvgIpc) is 1.76. The van der Waals surface area contributed by atoms with Gasteiger partial charge < -0.3 is 87.9 Å². The van der Waals surface area contributed by atoms with Crippen LogP contribution in [0, 0.1) is 20.2 Å². The Labute approximate surface area is 760 Å². The Morgan fingerprint density at radius 1 is 0.435 bits per heavy atom. The number of phenols is 1. The van der Waals surface area contributed by atoms with Gasteiger partial charge in [-0.05, 0) is 117 Å². The van der Waals surface area contributed by atoms with E-state index in [2.05, 4.69) is 57.0 Å². The molecule has 680 valence electrons. The van der Waals surface area contributed by atoms with E-state index in [9.17, 15) is 63.7 Å². The summed E-state index contributed by atoms with van der Waals surface area (Å²) in [4.78, 5) is 136. The highest BCUT2D eigenvalue weighted by Crippen LogP contribution is 2.44. The molecule has 0 spiro atoms. The van der Waals surface area contributed by atoms with Crippen LogP contribution < -0.4 is 43.8 Å². The number of nitro groups is 2. The number of rotatable bonds is 15. The van der Waals surface area contributed by atoms with Gasteiger partial charge in [0.2, 0.25) is 0 Å². The number of nitrogens with zero attached hydrogens (tertiary/aromatic N) is 8. The van der Waals surface area contributed by atoms with E-state index in [4.69, 9.17) is 47.7 Å². The molecule has 8 aliphatic rings. The number of carboxylic acids is 1. The van der Waals surface area contributed by atoms with E-state index in [1.165, 1.54) is 117 Å². The van der Waals surface area contributed by atoms with E-state index in [1.54, 1.807) is 62.9 Å². The molecule has 0 aromatic heterocycles. The molecule has 34 heteroatoms. The van der Waals surface area contributed by atoms with Crippen LogP contribution in [0.5, 0.6) is 46.0 Å². The SMILES string of the molecule is COC(=O)[C@@H]1Cc2ccccc2CN1.COC(=O)[C@@H]1c2ccccc2CCN1C(=O)c1cc(OC)c(OC)cc1[N+](=O)[O-].COc1cc(C(=O)N2CCc3ccccc3[C@H]2C=O)c([N+](=O)[O-])cc1OC.COc1cc2c(cc1O)N=C[C@@H]1Cc3ccccc3CN1C2=O.COc1cc2c(cc1OC)C(=O)N1Cc3ccccc3C[C@H]1C=N2.Cl.O=C(O)[C@@H]1Cc2ccccc2CN1. The second kappa shape index (κ2) is 43.1. The van der Waals surface area contributed by atoms with Crippen LogP contribution in [0.3, 0.4) is 0 Å². The molecule has 6 atom stereocenters. The first-order valence-corrected chi connectivity index (χ1v) is 41.4. The van der Waals surface area contributed by atoms with Gasteiger partial charge in [0.25, 0.3) is 35.0 Å². The largest absolute Gasteiger partial charge is 0.504 e. The molecular weight excluding hydrogens is 1710 g/mol. The van der Waals surface area contributed by atoms with E-state index in [0.29, 0.717) is 84.7 Å². The Morgan fingerprint density at radius 2 is 0.794 bits per heavy atom. The van der Waals surface area contributed by atoms with Gasteiger partial charge in [-0.25, -0.2) is 4.79 Å². The lowest BCUT2D eigenvalue weighted by Gasteiger charge is -2.35. The van der Waals surface area contributed by atoms with Gasteiger partial charge >= 0.3 is 17.9 Å². The van der Waals surface area contributed by atoms with Crippen LogP contribution >= 0.6 is 12.4 Å². The minimum absolute atomic E-state index is 0. The minimum Gasteiger partial charge on any atom is -0.504 e. The van der Waals surface area contributed by atoms with Crippen LogP contribution in [0.4, 0.5) is 22.7 Å². The zero-order valence-corrected chi connectivity index (χ0v) is 73.9. The van der Waals surface area contributed by atoms with Crippen LogP contribution in [-0.4, -0.2) is 201 Å². The summed E-state index contributed by atoms with van der Waals surface area (Å²) >= 11 is 0. The van der Waals surface area contributed by atoms with E-state index < -0.39 is 63.1 Å². The number of nitrogens with one attached hydrogen (secondary N) is 2. The molecule has 0 fully saturated rings. The predicted molar refractivity (Wildman–Crippen MR) is 485 cm³/mol. The van der Waals surface area contributed by atoms with Gasteiger partial charge in [-0.3, -0.25) is 59.0 Å². The number of fused-ring (bicyclic) bond motifs is 10. The van der Waals surface area contributed by atoms with E-state index in [0.717, 1.165) is 60.2 Å². The zero-order valence-electron chi connectivity index (χ0n) is 73.1. The molecule has 10 aromatic rings. The molecule has 0 saturated heterocycles. The molecule has 0 aliphatic carbocycles. The summed E-state index contributed by atoms with van der Waals surface area (Å²) < 4.78 is 45.9. The summed E-state index contributed by atoms with van der Waals surface area (Å²) in [6, 6.07) is 56.0. The van der Waals surface area contributed by atoms with E-state index in [-0.39, 0.29) is 107 Å². The number of ether oxygens (including phenoxy) is 9. The van der Waals surface area contributed by atoms with Crippen molar-refractivity contribution in [1.29, 1.82) is 0 Å². The number of esters is 2. The van der Waals surface area contributed by atoms with E-state index in [1.807, 2.05) is 101 Å². The molecule has 0 radical (unpaired) electrons. The van der Waals surface area contributed by atoms with Crippen molar-refractivity contribution in [2.75, 3.05) is 77.1 Å². The molecular formula is C97H97ClN10O23. The minimum atomic E-state index is -0.995. The topological polar surface area (TPSA) is 408 Å². The van der Waals surface area contributed by atoms with Gasteiger partial charge in [0, 0.05) is 76.0 Å². The number of amides is 4. The third kappa shape index (κ3) is 20.9. The number of aldehydes is 1. The van der Waals surface area contributed by atoms with Crippen LogP contribution in [0.25, 0.3) is 0 Å². The number of carboxylic acid groups (broad SMARTS) is 1. The number of aromatic hydroxyl groups is 1. The summed E-state index contributed by atoms with van der Waals surface area (Å²) in [6.45, 7) is 3.06. The van der Waals surface area contributed by atoms with Gasteiger partial charge in [0.1, 0.15) is 35.5 Å². The number of halogens is 1. The Kier molecular flexibility index (Phi) is 31.3. The third-order valence-electron chi connectivity index (χ3n) is 23.6. The van der Waals surface area contributed by atoms with Crippen molar-refractivity contribution in [1.82, 2.24) is 30.2 Å². The molecule has 0 saturated carbocycles. The summed E-state index contributed by atoms with van der Waals surface area (Å²) in [7, 11) is 12.7. The molecule has 4 N–H and O–H groups in total. The van der Waals surface area contributed by atoms with E-state index >= 15 is 0 Å². The zero-order chi connectivity index (χ0) is 92.6. The van der Waals surface area contributed by atoms with Gasteiger partial charge in [-0.2, -0.15) is 0 Å². The van der Waals surface area contributed by atoms with Crippen LogP contribution in [0.2, 0.25) is 0 Å². The number of aliphatic imine (C=N–C) groups is 2. The summed E-state index contributed by atoms with van der Waals surface area (Å²) in [5.41, 5.74) is 14.0. The standard InChI is InChI=1S/C20H20N2O7.C19H18N2O6.C19H18N2O3.C18H16N2O3.C11H13NO2.C10H11NO2.ClH/c1-27-16-10-14(15(22(25)26)11-17(16)28-2)19(23)21-9-8-12-6-4-5-7-13(12)18(21)20(24)29-3;1-26-17-9-14(15(21(24)25)10-18(17)27-2)19(23)20-8-7-12-5-3-4-6-13(12)16(20)11-22;1-23-17-8-15-16(9-18(17)24-2)20-10-14-7-12-5-3-4-6-13(12)11-21(14)19(15)22;1-23-17-7-14-15(8-16(17)21)19-9-13-6-11-4-2-3-5-12(11)10-20(13)18(14)22;1-14-11(13)10-6-8-4-2-3-5-9(8)7-12-10;12-10(13)9-5-7-3-1-2-4-8(7)6-11-9;/h4-7,10-11,18H,8-9H2,1-3H3;3-6,9-11,16H,7-8H2,1-2H3;3-6,8-10,14H,7,11H2,1-2H3;2-5,7-9,13,21H,6,10H2,1H3;2-5,10,12H,6-7H2,1H3;1-4,9,11H,5-6H2,(H,12,13);1H/t18-;16-;14-;13-;10-;9-;/m010000./s1. The van der Waals surface area contributed by atoms with Crippen molar-refractivity contribution in [3.63, 3.8) is 0 Å². The number of aliphatic carboxylic acids is 1. The molecule has 18 rings (SSSR count). The van der Waals surface area contributed by atoms with Gasteiger partial charge in [-0.15, -0.1) is 12.4 Å². The van der Waals surface area contributed by atoms with Crippen molar-refractivity contribution in [3.8, 4) is 46.0 Å². The Hall–Kier alpha value is -15.1. The lowest BCUT2D eigenvalue weighted by molar-refractivity contribution is -0.385. The first kappa shape index (κ1) is 95.0. The van der Waals surface area contributed by atoms with Crippen molar-refractivity contribution in [2.24, 2.45) is 9.98 Å². The first-order valence-electron chi connectivity index (χ1n) is 41.4. The highest BCUT2D eigenvalue weighted by Gasteiger charge is 2.42. The lowest BCUT2D eigenvalue weighted by atomic mass is 9.91. The number of hydrogen-bond donors (Lipinski definition) is 4. The highest BCUT2D eigenvalue weighted by atomic mass is 35.5. The highest BCUT2D eigenvalue weighted by molar-refractivity contribution is 6.06. The lowest BCUT2D eigenvalue weighted by Crippen LogP contribution is -2.44. The van der Waals surface area contributed by atoms with Crippen molar-refractivity contribution in [3.05, 3.63) is 303 Å². The number of phenolic OH excluding ortho intramolecular Hbond substituents is 1. The fourth-order valence-electron chi connectivity index (χ4n) is 16.8. The molecule has 0 bridgehead atoms. The summed E-state index contributed by atoms with van der Waals surface area (Å²) in [5.74, 6) is -0.916. The number of carbonyl (C=O) groups excluding carboxylic acids is 7. The molecule has 4 amide bonds. The predicted octanol–water partition coefficient (Wildman–Crippen LogP) is 12.8. The molecule has 0 unspecified atom stereocenters. The van der Waals surface area contributed by atoms with Gasteiger partial charge in [-0.1, -0.05) is 146 Å². The van der Waals surface area contributed by atoms with Crippen LogP contribution in [0.15, 0.2) is 204 Å². The van der Waals surface area contributed by atoms with Crippen molar-refractivity contribution < 1.29 is 101 Å². The second-order valence-electron chi connectivity index (χ2n) is 30.8. The number of methoxy groups -OCH3 is 9. The Balaban J connectivity index is 0.000000144. The fraction of sp³-hybridized carbons (Fsp3) is 0.278. The normalized spacial score (nSPS) is 17.4. The second-order valence-corrected chi connectivity index (χ2v) is 30.8. The number of benzene rings is 10. The average molecular weight is 1810 g/mol. The summed E-state index contributed by atoms with van der Waals surface area (Å²) in [5, 5.41) is 47.9. The molecule has 10 aromatic carbocycles. The van der Waals surface area contributed by atoms with Crippen molar-refractivity contribution >= 4 is 95.4 Å². The molecule has 33 nitrogen and oxygen atoms in total. The number of carbonyl (C=O) groups is 8. The Bertz CT molecular complexity index is 6070. The van der Waals surface area contributed by atoms with Crippen LogP contribution in [0.1, 0.15) is 120 Å². The smallest absolute Gasteiger partial charge is 0.333 e. The maximum Gasteiger partial charge on any atom is 0.333 e. The monoisotopic (exact) mass is 1800 g/mol. The fourth-order valence-corrected chi connectivity index (χ4v) is 16.8. The first-order chi connectivity index (χ1) is 62.9. The quantitative estimate of drug-likeness (QED) is 0.0320. The van der Waals surface area contributed by atoms with Crippen LogP contribution in [-0.2, 0) is 93.4 Å². The van der Waals surface area contributed by atoms with Crippen molar-refractivity contribution in [2.45, 2.75) is 101 Å². The van der Waals surface area contributed by atoms with Gasteiger partial charge in [0.05, 0.1) is 121 Å². The number of hydrogen-bond acceptors (Lipinski definition) is 26. The maximum atomic E-state index is 13.4. The maximum absolute atomic E-state index is 13.4. The summed E-state index contributed by atoms with van der Waals surface area (Å²) in [6.07, 6.45) is 8.27. The Morgan fingerprint density at radius 3 is 1.24 bits per heavy atom. The molecule has 8 heterocycles.